The van der Waals surface area contributed by atoms with Crippen LogP contribution in [0.5, 0.6) is 0 Å². The van der Waals surface area contributed by atoms with Crippen LogP contribution in [0.15, 0.2) is 30.5 Å². The van der Waals surface area contributed by atoms with E-state index in [1.165, 1.54) is 0 Å². The second kappa shape index (κ2) is 5.13. The first kappa shape index (κ1) is 12.5. The van der Waals surface area contributed by atoms with Crippen molar-refractivity contribution in [2.45, 2.75) is 0 Å². The summed E-state index contributed by atoms with van der Waals surface area (Å²) in [4.78, 5) is 4.02. The van der Waals surface area contributed by atoms with Gasteiger partial charge in [-0.05, 0) is 18.2 Å². The monoisotopic (exact) mass is 286 g/mol. The van der Waals surface area contributed by atoms with Gasteiger partial charge in [0.2, 0.25) is 0 Å². The summed E-state index contributed by atoms with van der Waals surface area (Å²) < 4.78 is 0. The first-order valence-corrected chi connectivity index (χ1v) is 6.04. The average molecular weight is 288 g/mol. The summed E-state index contributed by atoms with van der Waals surface area (Å²) in [6.45, 7) is 0. The van der Waals surface area contributed by atoms with Crippen LogP contribution >= 0.6 is 34.8 Å². The Morgan fingerprint density at radius 2 is 1.82 bits per heavy atom. The molecule has 0 amide bonds. The van der Waals surface area contributed by atoms with Crippen LogP contribution in [0.3, 0.4) is 0 Å². The Kier molecular flexibility index (Phi) is 3.77. The number of pyridine rings is 1. The summed E-state index contributed by atoms with van der Waals surface area (Å²) in [5, 5.41) is 4.65. The standard InChI is InChI=1S/C12H9Cl3N2/c1-16-11-6-17-12(15)5-9(11)8-3-2-7(13)4-10(8)14/h2-6,16H,1H3. The molecule has 2 rings (SSSR count). The van der Waals surface area contributed by atoms with Gasteiger partial charge < -0.3 is 5.32 Å². The third-order valence-corrected chi connectivity index (χ3v) is 3.12. The Labute approximate surface area is 115 Å². The zero-order chi connectivity index (χ0) is 12.4. The van der Waals surface area contributed by atoms with Gasteiger partial charge in [-0.3, -0.25) is 0 Å². The summed E-state index contributed by atoms with van der Waals surface area (Å²) in [5.74, 6) is 0. The molecule has 17 heavy (non-hydrogen) atoms. The van der Waals surface area contributed by atoms with Gasteiger partial charge in [0.1, 0.15) is 5.15 Å². The number of nitrogens with zero attached hydrogens (tertiary/aromatic N) is 1. The number of halogens is 3. The predicted molar refractivity (Wildman–Crippen MR) is 74.2 cm³/mol. The van der Waals surface area contributed by atoms with Crippen molar-refractivity contribution in [1.29, 1.82) is 0 Å². The fraction of sp³-hybridized carbons (Fsp3) is 0.0833. The fourth-order valence-corrected chi connectivity index (χ4v) is 2.23. The summed E-state index contributed by atoms with van der Waals surface area (Å²) >= 11 is 17.9. The lowest BCUT2D eigenvalue weighted by atomic mass is 10.1. The lowest BCUT2D eigenvalue weighted by molar-refractivity contribution is 1.31. The molecule has 0 saturated carbocycles. The second-order valence-corrected chi connectivity index (χ2v) is 4.66. The van der Waals surface area contributed by atoms with E-state index in [9.17, 15) is 0 Å². The van der Waals surface area contributed by atoms with Gasteiger partial charge in [0.05, 0.1) is 11.9 Å². The van der Waals surface area contributed by atoms with Crippen molar-refractivity contribution >= 4 is 40.5 Å². The third-order valence-electron chi connectivity index (χ3n) is 2.36. The van der Waals surface area contributed by atoms with Crippen LogP contribution in [0, 0.1) is 0 Å². The van der Waals surface area contributed by atoms with Gasteiger partial charge in [0, 0.05) is 28.2 Å². The number of hydrogen-bond acceptors (Lipinski definition) is 2. The summed E-state index contributed by atoms with van der Waals surface area (Å²) in [5.41, 5.74) is 2.62. The van der Waals surface area contributed by atoms with E-state index in [0.29, 0.717) is 15.2 Å². The number of rotatable bonds is 2. The molecule has 0 aliphatic rings. The Morgan fingerprint density at radius 1 is 1.06 bits per heavy atom. The molecule has 0 bridgehead atoms. The van der Waals surface area contributed by atoms with E-state index in [-0.39, 0.29) is 0 Å². The zero-order valence-electron chi connectivity index (χ0n) is 8.97. The van der Waals surface area contributed by atoms with Gasteiger partial charge in [-0.2, -0.15) is 0 Å². The third kappa shape index (κ3) is 2.65. The minimum Gasteiger partial charge on any atom is -0.386 e. The molecule has 0 aliphatic heterocycles. The molecule has 1 aromatic heterocycles. The largest absolute Gasteiger partial charge is 0.386 e. The van der Waals surface area contributed by atoms with Crippen molar-refractivity contribution in [2.75, 3.05) is 12.4 Å². The Balaban J connectivity index is 2.62. The molecule has 1 N–H and O–H groups in total. The van der Waals surface area contributed by atoms with Gasteiger partial charge in [-0.15, -0.1) is 0 Å². The zero-order valence-corrected chi connectivity index (χ0v) is 11.2. The molecular weight excluding hydrogens is 279 g/mol. The van der Waals surface area contributed by atoms with Crippen LogP contribution in [0.1, 0.15) is 0 Å². The summed E-state index contributed by atoms with van der Waals surface area (Å²) in [6.07, 6.45) is 1.67. The number of anilines is 1. The van der Waals surface area contributed by atoms with Crippen LogP contribution in [0.25, 0.3) is 11.1 Å². The van der Waals surface area contributed by atoms with Crippen LogP contribution in [0.2, 0.25) is 15.2 Å². The van der Waals surface area contributed by atoms with Crippen molar-refractivity contribution in [2.24, 2.45) is 0 Å². The highest BCUT2D eigenvalue weighted by Gasteiger charge is 2.09. The first-order chi connectivity index (χ1) is 8.11. The van der Waals surface area contributed by atoms with E-state index in [2.05, 4.69) is 10.3 Å². The quantitative estimate of drug-likeness (QED) is 0.806. The second-order valence-electron chi connectivity index (χ2n) is 3.43. The molecule has 0 atom stereocenters. The molecule has 88 valence electrons. The van der Waals surface area contributed by atoms with E-state index < -0.39 is 0 Å². The highest BCUT2D eigenvalue weighted by atomic mass is 35.5. The van der Waals surface area contributed by atoms with Crippen molar-refractivity contribution in [1.82, 2.24) is 4.98 Å². The molecule has 0 spiro atoms. The smallest absolute Gasteiger partial charge is 0.129 e. The Bertz CT molecular complexity index is 555. The van der Waals surface area contributed by atoms with Crippen LogP contribution < -0.4 is 5.32 Å². The molecule has 0 aliphatic carbocycles. The highest BCUT2D eigenvalue weighted by Crippen LogP contribution is 2.35. The number of aromatic nitrogens is 1. The van der Waals surface area contributed by atoms with Crippen molar-refractivity contribution in [3.05, 3.63) is 45.7 Å². The minimum absolute atomic E-state index is 0.421. The van der Waals surface area contributed by atoms with Crippen LogP contribution in [-0.4, -0.2) is 12.0 Å². The van der Waals surface area contributed by atoms with Gasteiger partial charge in [-0.25, -0.2) is 4.98 Å². The van der Waals surface area contributed by atoms with Crippen LogP contribution in [-0.2, 0) is 0 Å². The van der Waals surface area contributed by atoms with Gasteiger partial charge >= 0.3 is 0 Å². The first-order valence-electron chi connectivity index (χ1n) is 4.90. The van der Waals surface area contributed by atoms with Gasteiger partial charge in [-0.1, -0.05) is 40.9 Å². The lowest BCUT2D eigenvalue weighted by Gasteiger charge is -2.10. The van der Waals surface area contributed by atoms with Crippen LogP contribution in [0.4, 0.5) is 5.69 Å². The number of benzene rings is 1. The molecule has 5 heteroatoms. The van der Waals surface area contributed by atoms with Crippen molar-refractivity contribution in [3.8, 4) is 11.1 Å². The molecule has 0 radical (unpaired) electrons. The molecule has 2 nitrogen and oxygen atoms in total. The summed E-state index contributed by atoms with van der Waals surface area (Å²) in [7, 11) is 1.82. The number of hydrogen-bond donors (Lipinski definition) is 1. The van der Waals surface area contributed by atoms with E-state index in [0.717, 1.165) is 16.8 Å². The molecule has 0 unspecified atom stereocenters. The topological polar surface area (TPSA) is 24.9 Å². The number of nitrogens with one attached hydrogen (secondary N) is 1. The summed E-state index contributed by atoms with van der Waals surface area (Å²) in [6, 6.07) is 7.11. The van der Waals surface area contributed by atoms with Crippen molar-refractivity contribution < 1.29 is 0 Å². The maximum Gasteiger partial charge on any atom is 0.129 e. The Morgan fingerprint density at radius 3 is 2.47 bits per heavy atom. The highest BCUT2D eigenvalue weighted by molar-refractivity contribution is 6.36. The predicted octanol–water partition coefficient (Wildman–Crippen LogP) is 4.75. The van der Waals surface area contributed by atoms with E-state index >= 15 is 0 Å². The van der Waals surface area contributed by atoms with E-state index in [4.69, 9.17) is 34.8 Å². The van der Waals surface area contributed by atoms with Crippen molar-refractivity contribution in [3.63, 3.8) is 0 Å². The lowest BCUT2D eigenvalue weighted by Crippen LogP contribution is -1.94. The maximum absolute atomic E-state index is 6.17. The maximum atomic E-state index is 6.17. The molecular formula is C12H9Cl3N2. The Hall–Kier alpha value is -0.960. The van der Waals surface area contributed by atoms with Gasteiger partial charge in [0.15, 0.2) is 0 Å². The molecule has 1 aromatic carbocycles. The SMILES string of the molecule is CNc1cnc(Cl)cc1-c1ccc(Cl)cc1Cl. The minimum atomic E-state index is 0.421. The molecule has 0 saturated heterocycles. The van der Waals surface area contributed by atoms with Gasteiger partial charge in [0.25, 0.3) is 0 Å². The fourth-order valence-electron chi connectivity index (χ4n) is 1.56. The average Bonchev–Trinajstić information content (AvgIpc) is 2.29. The molecule has 1 heterocycles. The van der Waals surface area contributed by atoms with E-state index in [1.54, 1.807) is 24.4 Å². The molecule has 2 aromatic rings. The normalized spacial score (nSPS) is 10.4. The van der Waals surface area contributed by atoms with E-state index in [1.807, 2.05) is 13.1 Å². The molecule has 0 fully saturated rings.